The van der Waals surface area contributed by atoms with Crippen molar-refractivity contribution in [1.29, 1.82) is 0 Å². The number of methoxy groups -OCH3 is 1. The zero-order chi connectivity index (χ0) is 15.3. The van der Waals surface area contributed by atoms with Crippen LogP contribution in [0, 0.1) is 18.8 Å². The van der Waals surface area contributed by atoms with Crippen molar-refractivity contribution in [3.63, 3.8) is 0 Å². The zero-order valence-corrected chi connectivity index (χ0v) is 14.3. The second-order valence-corrected chi connectivity index (χ2v) is 6.51. The summed E-state index contributed by atoms with van der Waals surface area (Å²) in [5.41, 5.74) is 8.77. The van der Waals surface area contributed by atoms with Crippen molar-refractivity contribution >= 4 is 18.1 Å². The molecule has 1 aromatic heterocycles. The number of anilines is 1. The minimum absolute atomic E-state index is 0. The van der Waals surface area contributed by atoms with Gasteiger partial charge in [-0.05, 0) is 43.4 Å². The fraction of sp³-hybridized carbons (Fsp3) is 0.444. The van der Waals surface area contributed by atoms with E-state index >= 15 is 0 Å². The third-order valence-corrected chi connectivity index (χ3v) is 4.96. The predicted molar refractivity (Wildman–Crippen MR) is 93.5 cm³/mol. The molecule has 2 fully saturated rings. The minimum atomic E-state index is -0.244. The number of nitrogens with two attached hydrogens (primary N) is 1. The van der Waals surface area contributed by atoms with Gasteiger partial charge in [0.05, 0.1) is 13.2 Å². The smallest absolute Gasteiger partial charge is 0.125 e. The van der Waals surface area contributed by atoms with Gasteiger partial charge in [0, 0.05) is 30.4 Å². The Bertz CT molecular complexity index is 690. The number of nitrogens with zero attached hydrogens (tertiary/aromatic N) is 1. The van der Waals surface area contributed by atoms with Gasteiger partial charge in [0.2, 0.25) is 0 Å². The van der Waals surface area contributed by atoms with Crippen LogP contribution in [-0.2, 0) is 0 Å². The second-order valence-electron chi connectivity index (χ2n) is 6.51. The number of fused-ring (bicyclic) bond motifs is 1. The fourth-order valence-electron chi connectivity index (χ4n) is 3.56. The first-order valence-electron chi connectivity index (χ1n) is 7.90. The molecule has 124 valence electrons. The zero-order valence-electron chi connectivity index (χ0n) is 13.5. The maximum absolute atomic E-state index is 6.47. The van der Waals surface area contributed by atoms with E-state index in [4.69, 9.17) is 14.9 Å². The van der Waals surface area contributed by atoms with Crippen LogP contribution in [-0.4, -0.2) is 20.2 Å². The highest BCUT2D eigenvalue weighted by atomic mass is 35.5. The summed E-state index contributed by atoms with van der Waals surface area (Å²) in [7, 11) is 1.70. The van der Waals surface area contributed by atoms with Crippen LogP contribution in [0.1, 0.15) is 29.5 Å². The standard InChI is InChI=1S/C18H22N2O2.ClH/c1-11-3-6-17(22-11)18(19)15-5-4-14(21-2)8-16(15)20-9-12-7-13(12)10-20;/h3-6,8,12-13,18H,7,9-10,19H2,1-2H3;1H. The third-order valence-electron chi connectivity index (χ3n) is 4.96. The fourth-order valence-corrected chi connectivity index (χ4v) is 3.56. The van der Waals surface area contributed by atoms with Crippen molar-refractivity contribution < 1.29 is 9.15 Å². The van der Waals surface area contributed by atoms with Crippen LogP contribution >= 0.6 is 12.4 Å². The van der Waals surface area contributed by atoms with Crippen LogP contribution in [0.25, 0.3) is 0 Å². The molecule has 1 aliphatic carbocycles. The molecule has 3 atom stereocenters. The first-order valence-corrected chi connectivity index (χ1v) is 7.90. The number of piperidine rings is 1. The summed E-state index contributed by atoms with van der Waals surface area (Å²) in [5.74, 6) is 4.33. The van der Waals surface area contributed by atoms with Crippen LogP contribution in [0.15, 0.2) is 34.7 Å². The second kappa shape index (κ2) is 6.10. The third kappa shape index (κ3) is 2.93. The van der Waals surface area contributed by atoms with Gasteiger partial charge < -0.3 is 19.8 Å². The van der Waals surface area contributed by atoms with Crippen molar-refractivity contribution in [1.82, 2.24) is 0 Å². The monoisotopic (exact) mass is 334 g/mol. The van der Waals surface area contributed by atoms with Crippen LogP contribution < -0.4 is 15.4 Å². The Balaban J connectivity index is 0.00000156. The van der Waals surface area contributed by atoms with Crippen LogP contribution in [0.5, 0.6) is 5.75 Å². The molecule has 3 unspecified atom stereocenters. The quantitative estimate of drug-likeness (QED) is 0.929. The average Bonchev–Trinajstić information content (AvgIpc) is 2.95. The summed E-state index contributed by atoms with van der Waals surface area (Å²) in [4.78, 5) is 2.45. The number of ether oxygens (including phenoxy) is 1. The highest BCUT2D eigenvalue weighted by molar-refractivity contribution is 5.85. The lowest BCUT2D eigenvalue weighted by molar-refractivity contribution is 0.414. The normalized spacial score (nSPS) is 23.2. The summed E-state index contributed by atoms with van der Waals surface area (Å²) >= 11 is 0. The molecule has 1 aromatic carbocycles. The first-order chi connectivity index (χ1) is 10.7. The van der Waals surface area contributed by atoms with E-state index in [0.29, 0.717) is 0 Å². The topological polar surface area (TPSA) is 51.6 Å². The van der Waals surface area contributed by atoms with Gasteiger partial charge in [-0.25, -0.2) is 0 Å². The van der Waals surface area contributed by atoms with Gasteiger partial charge in [0.1, 0.15) is 17.3 Å². The van der Waals surface area contributed by atoms with Crippen molar-refractivity contribution in [3.05, 3.63) is 47.4 Å². The van der Waals surface area contributed by atoms with Crippen molar-refractivity contribution in [2.45, 2.75) is 19.4 Å². The van der Waals surface area contributed by atoms with E-state index in [9.17, 15) is 0 Å². The number of benzene rings is 1. The lowest BCUT2D eigenvalue weighted by atomic mass is 10.0. The van der Waals surface area contributed by atoms with Gasteiger partial charge in [-0.1, -0.05) is 6.07 Å². The average molecular weight is 335 g/mol. The molecule has 0 amide bonds. The molecule has 2 heterocycles. The minimum Gasteiger partial charge on any atom is -0.497 e. The highest BCUT2D eigenvalue weighted by Crippen LogP contribution is 2.48. The number of hydrogen-bond acceptors (Lipinski definition) is 4. The molecule has 2 N–H and O–H groups in total. The Hall–Kier alpha value is -1.65. The molecule has 0 radical (unpaired) electrons. The van der Waals surface area contributed by atoms with Gasteiger partial charge in [0.25, 0.3) is 0 Å². The van der Waals surface area contributed by atoms with E-state index in [0.717, 1.165) is 47.8 Å². The molecule has 0 bridgehead atoms. The summed E-state index contributed by atoms with van der Waals surface area (Å²) in [5, 5.41) is 0. The van der Waals surface area contributed by atoms with Crippen LogP contribution in [0.3, 0.4) is 0 Å². The van der Waals surface area contributed by atoms with Gasteiger partial charge >= 0.3 is 0 Å². The molecule has 2 aromatic rings. The molecule has 1 aliphatic heterocycles. The molecule has 4 rings (SSSR count). The summed E-state index contributed by atoms with van der Waals surface area (Å²) in [6.07, 6.45) is 1.39. The van der Waals surface area contributed by atoms with E-state index in [-0.39, 0.29) is 18.4 Å². The molecule has 23 heavy (non-hydrogen) atoms. The van der Waals surface area contributed by atoms with Crippen LogP contribution in [0.2, 0.25) is 0 Å². The summed E-state index contributed by atoms with van der Waals surface area (Å²) < 4.78 is 11.1. The highest BCUT2D eigenvalue weighted by Gasteiger charge is 2.45. The molecule has 4 nitrogen and oxygen atoms in total. The van der Waals surface area contributed by atoms with Crippen molar-refractivity contribution in [2.75, 3.05) is 25.1 Å². The van der Waals surface area contributed by atoms with E-state index in [2.05, 4.69) is 17.0 Å². The summed E-state index contributed by atoms with van der Waals surface area (Å²) in [6, 6.07) is 9.84. The molecule has 5 heteroatoms. The summed E-state index contributed by atoms with van der Waals surface area (Å²) in [6.45, 7) is 4.21. The SMILES string of the molecule is COc1ccc(C(N)c2ccc(C)o2)c(N2CC3CC3C2)c1.Cl. The number of halogens is 1. The van der Waals surface area contributed by atoms with Crippen molar-refractivity contribution in [3.8, 4) is 5.75 Å². The molecule has 1 saturated carbocycles. The Morgan fingerprint density at radius 2 is 1.96 bits per heavy atom. The lowest BCUT2D eigenvalue weighted by Crippen LogP contribution is -2.25. The van der Waals surface area contributed by atoms with Gasteiger partial charge in [-0.15, -0.1) is 12.4 Å². The maximum Gasteiger partial charge on any atom is 0.125 e. The van der Waals surface area contributed by atoms with Crippen LogP contribution in [0.4, 0.5) is 5.69 Å². The molecular formula is C18H23ClN2O2. The molecule has 1 saturated heterocycles. The van der Waals surface area contributed by atoms with Crippen molar-refractivity contribution in [2.24, 2.45) is 17.6 Å². The Labute approximate surface area is 143 Å². The Kier molecular flexibility index (Phi) is 4.30. The Morgan fingerprint density at radius 1 is 1.22 bits per heavy atom. The lowest BCUT2D eigenvalue weighted by Gasteiger charge is -2.26. The first kappa shape index (κ1) is 16.2. The largest absolute Gasteiger partial charge is 0.497 e. The number of aryl methyl sites for hydroxylation is 1. The maximum atomic E-state index is 6.47. The number of hydrogen-bond donors (Lipinski definition) is 1. The number of rotatable bonds is 4. The van der Waals surface area contributed by atoms with E-state index in [1.807, 2.05) is 25.1 Å². The molecule has 2 aliphatic rings. The number of furan rings is 1. The van der Waals surface area contributed by atoms with Gasteiger partial charge in [0.15, 0.2) is 0 Å². The van der Waals surface area contributed by atoms with E-state index < -0.39 is 0 Å². The van der Waals surface area contributed by atoms with Gasteiger partial charge in [-0.3, -0.25) is 0 Å². The van der Waals surface area contributed by atoms with E-state index in [1.54, 1.807) is 7.11 Å². The predicted octanol–water partition coefficient (Wildman–Crippen LogP) is 3.52. The van der Waals surface area contributed by atoms with E-state index in [1.165, 1.54) is 12.1 Å². The molecular weight excluding hydrogens is 312 g/mol. The molecule has 0 spiro atoms. The Morgan fingerprint density at radius 3 is 2.57 bits per heavy atom. The van der Waals surface area contributed by atoms with Gasteiger partial charge in [-0.2, -0.15) is 0 Å².